The third-order valence-electron chi connectivity index (χ3n) is 4.40. The molecule has 2 rings (SSSR count). The summed E-state index contributed by atoms with van der Waals surface area (Å²) in [5.41, 5.74) is 5.69. The molecule has 1 aliphatic carbocycles. The molecule has 0 radical (unpaired) electrons. The summed E-state index contributed by atoms with van der Waals surface area (Å²) in [7, 11) is 0. The summed E-state index contributed by atoms with van der Waals surface area (Å²) in [5, 5.41) is 0. The second-order valence-electron chi connectivity index (χ2n) is 5.51. The average molecular weight is 261 g/mol. The van der Waals surface area contributed by atoms with Crippen LogP contribution in [-0.2, 0) is 4.79 Å². The normalized spacial score (nSPS) is 24.5. The van der Waals surface area contributed by atoms with E-state index in [1.807, 2.05) is 4.90 Å². The Balaban J connectivity index is 0.00000144. The van der Waals surface area contributed by atoms with Crippen LogP contribution >= 0.6 is 12.4 Å². The van der Waals surface area contributed by atoms with E-state index in [2.05, 4.69) is 6.92 Å². The highest BCUT2D eigenvalue weighted by Crippen LogP contribution is 2.30. The van der Waals surface area contributed by atoms with Crippen molar-refractivity contribution in [3.8, 4) is 0 Å². The molecule has 0 spiro atoms. The second kappa shape index (κ2) is 6.05. The number of hydrogen-bond acceptors (Lipinski definition) is 2. The van der Waals surface area contributed by atoms with Crippen LogP contribution in [-0.4, -0.2) is 29.4 Å². The molecular formula is C13H25ClN2O. The van der Waals surface area contributed by atoms with Crippen LogP contribution in [0.25, 0.3) is 0 Å². The molecule has 0 aromatic rings. The Morgan fingerprint density at radius 2 is 1.82 bits per heavy atom. The van der Waals surface area contributed by atoms with E-state index in [9.17, 15) is 4.79 Å². The highest BCUT2D eigenvalue weighted by atomic mass is 35.5. The van der Waals surface area contributed by atoms with Crippen LogP contribution in [0.4, 0.5) is 0 Å². The lowest BCUT2D eigenvalue weighted by atomic mass is 9.91. The highest BCUT2D eigenvalue weighted by molar-refractivity contribution is 5.86. The van der Waals surface area contributed by atoms with E-state index < -0.39 is 5.54 Å². The molecule has 1 saturated heterocycles. The van der Waals surface area contributed by atoms with Crippen molar-refractivity contribution < 1.29 is 4.79 Å². The first-order valence-corrected chi connectivity index (χ1v) is 6.74. The number of carbonyl (C=O) groups is 1. The largest absolute Gasteiger partial charge is 0.341 e. The van der Waals surface area contributed by atoms with Crippen molar-refractivity contribution in [1.82, 2.24) is 4.90 Å². The molecule has 0 aromatic heterocycles. The fraction of sp³-hybridized carbons (Fsp3) is 0.923. The van der Waals surface area contributed by atoms with Gasteiger partial charge in [0.05, 0.1) is 5.54 Å². The molecule has 3 nitrogen and oxygen atoms in total. The summed E-state index contributed by atoms with van der Waals surface area (Å²) >= 11 is 0. The van der Waals surface area contributed by atoms with Gasteiger partial charge in [-0.15, -0.1) is 12.4 Å². The van der Waals surface area contributed by atoms with Gasteiger partial charge in [-0.2, -0.15) is 0 Å². The molecule has 0 aromatic carbocycles. The van der Waals surface area contributed by atoms with Gasteiger partial charge in [0.2, 0.25) is 5.91 Å². The van der Waals surface area contributed by atoms with Crippen LogP contribution in [0.1, 0.15) is 51.9 Å². The van der Waals surface area contributed by atoms with E-state index in [0.29, 0.717) is 0 Å². The number of piperidine rings is 1. The Kier molecular flexibility index (Phi) is 5.26. The van der Waals surface area contributed by atoms with E-state index in [4.69, 9.17) is 5.73 Å². The smallest absolute Gasteiger partial charge is 0.242 e. The zero-order chi connectivity index (χ0) is 11.6. The van der Waals surface area contributed by atoms with Gasteiger partial charge in [0.1, 0.15) is 0 Å². The summed E-state index contributed by atoms with van der Waals surface area (Å²) in [6.07, 6.45) is 7.59. The van der Waals surface area contributed by atoms with Gasteiger partial charge in [-0.1, -0.05) is 26.2 Å². The molecular weight excluding hydrogens is 236 g/mol. The number of likely N-dealkylation sites (tertiary alicyclic amines) is 1. The first-order valence-electron chi connectivity index (χ1n) is 6.74. The van der Waals surface area contributed by atoms with Crippen molar-refractivity contribution in [1.29, 1.82) is 0 Å². The molecule has 2 fully saturated rings. The number of carbonyl (C=O) groups excluding carboxylic acids is 1. The van der Waals surface area contributed by atoms with Gasteiger partial charge in [0.15, 0.2) is 0 Å². The van der Waals surface area contributed by atoms with Gasteiger partial charge in [0.25, 0.3) is 0 Å². The standard InChI is InChI=1S/C13H24N2O.ClH/c1-2-11-5-9-15(10-6-11)12(16)13(14)7-3-4-8-13;/h11H,2-10,14H2,1H3;1H. The fourth-order valence-electron chi connectivity index (χ4n) is 3.08. The molecule has 2 aliphatic rings. The lowest BCUT2D eigenvalue weighted by Gasteiger charge is -2.36. The van der Waals surface area contributed by atoms with Crippen molar-refractivity contribution in [2.45, 2.75) is 57.4 Å². The van der Waals surface area contributed by atoms with Crippen LogP contribution < -0.4 is 5.73 Å². The molecule has 0 bridgehead atoms. The second-order valence-corrected chi connectivity index (χ2v) is 5.51. The molecule has 1 heterocycles. The van der Waals surface area contributed by atoms with E-state index in [0.717, 1.165) is 44.7 Å². The third-order valence-corrected chi connectivity index (χ3v) is 4.40. The predicted molar refractivity (Wildman–Crippen MR) is 72.2 cm³/mol. The third kappa shape index (κ3) is 3.14. The number of hydrogen-bond donors (Lipinski definition) is 1. The quantitative estimate of drug-likeness (QED) is 0.828. The van der Waals surface area contributed by atoms with Crippen molar-refractivity contribution in [3.63, 3.8) is 0 Å². The maximum atomic E-state index is 12.3. The minimum Gasteiger partial charge on any atom is -0.341 e. The molecule has 4 heteroatoms. The first-order chi connectivity index (χ1) is 7.65. The van der Waals surface area contributed by atoms with Gasteiger partial charge >= 0.3 is 0 Å². The minimum atomic E-state index is -0.515. The Morgan fingerprint density at radius 3 is 2.29 bits per heavy atom. The van der Waals surface area contributed by atoms with Crippen LogP contribution in [0.15, 0.2) is 0 Å². The molecule has 1 saturated carbocycles. The van der Waals surface area contributed by atoms with E-state index in [-0.39, 0.29) is 18.3 Å². The lowest BCUT2D eigenvalue weighted by molar-refractivity contribution is -0.138. The molecule has 1 aliphatic heterocycles. The Bertz CT molecular complexity index is 256. The van der Waals surface area contributed by atoms with E-state index in [1.165, 1.54) is 19.3 Å². The number of amides is 1. The van der Waals surface area contributed by atoms with Crippen molar-refractivity contribution in [3.05, 3.63) is 0 Å². The van der Waals surface area contributed by atoms with Gasteiger partial charge in [-0.05, 0) is 31.6 Å². The molecule has 1 amide bonds. The van der Waals surface area contributed by atoms with Crippen LogP contribution in [0.2, 0.25) is 0 Å². The van der Waals surface area contributed by atoms with Crippen LogP contribution in [0.5, 0.6) is 0 Å². The summed E-state index contributed by atoms with van der Waals surface area (Å²) in [6.45, 7) is 4.09. The molecule has 0 atom stereocenters. The van der Waals surface area contributed by atoms with Crippen molar-refractivity contribution >= 4 is 18.3 Å². The fourth-order valence-corrected chi connectivity index (χ4v) is 3.08. The Labute approximate surface area is 111 Å². The van der Waals surface area contributed by atoms with Crippen LogP contribution in [0, 0.1) is 5.92 Å². The highest BCUT2D eigenvalue weighted by Gasteiger charge is 2.40. The molecule has 0 unspecified atom stereocenters. The minimum absolute atomic E-state index is 0. The Hall–Kier alpha value is -0.280. The van der Waals surface area contributed by atoms with E-state index in [1.54, 1.807) is 0 Å². The lowest BCUT2D eigenvalue weighted by Crippen LogP contribution is -2.55. The molecule has 2 N–H and O–H groups in total. The SMILES string of the molecule is CCC1CCN(C(=O)C2(N)CCCC2)CC1.Cl. The average Bonchev–Trinajstić information content (AvgIpc) is 2.77. The van der Waals surface area contributed by atoms with Crippen LogP contribution in [0.3, 0.4) is 0 Å². The zero-order valence-electron chi connectivity index (χ0n) is 10.8. The summed E-state index contributed by atoms with van der Waals surface area (Å²) < 4.78 is 0. The van der Waals surface area contributed by atoms with E-state index >= 15 is 0 Å². The first kappa shape index (κ1) is 14.8. The topological polar surface area (TPSA) is 46.3 Å². The summed E-state index contributed by atoms with van der Waals surface area (Å²) in [4.78, 5) is 14.3. The number of halogens is 1. The molecule has 100 valence electrons. The maximum Gasteiger partial charge on any atom is 0.242 e. The Morgan fingerprint density at radius 1 is 1.29 bits per heavy atom. The summed E-state index contributed by atoms with van der Waals surface area (Å²) in [6, 6.07) is 0. The van der Waals surface area contributed by atoms with Crippen molar-refractivity contribution in [2.24, 2.45) is 11.7 Å². The maximum absolute atomic E-state index is 12.3. The zero-order valence-corrected chi connectivity index (χ0v) is 11.6. The van der Waals surface area contributed by atoms with Crippen molar-refractivity contribution in [2.75, 3.05) is 13.1 Å². The van der Waals surface area contributed by atoms with Gasteiger partial charge < -0.3 is 10.6 Å². The van der Waals surface area contributed by atoms with Gasteiger partial charge in [0, 0.05) is 13.1 Å². The molecule has 17 heavy (non-hydrogen) atoms. The monoisotopic (exact) mass is 260 g/mol. The van der Waals surface area contributed by atoms with Gasteiger partial charge in [-0.3, -0.25) is 4.79 Å². The van der Waals surface area contributed by atoms with Gasteiger partial charge in [-0.25, -0.2) is 0 Å². The number of rotatable bonds is 2. The predicted octanol–water partition coefficient (Wildman–Crippen LogP) is 2.33. The number of nitrogens with zero attached hydrogens (tertiary/aromatic N) is 1. The summed E-state index contributed by atoms with van der Waals surface area (Å²) in [5.74, 6) is 1.04. The number of nitrogens with two attached hydrogens (primary N) is 1.